The molecule has 2 saturated carbocycles. The van der Waals surface area contributed by atoms with Gasteiger partial charge in [-0.25, -0.2) is 0 Å². The molecule has 0 saturated heterocycles. The van der Waals surface area contributed by atoms with E-state index < -0.39 is 0 Å². The standard InChI is InChI=1S/C20H30O/c1-20(2,3)17-13-12-16(14-8-4-5-9-14)19(21)18(17)15-10-6-7-11-15/h12-15,21H,4-11H2,1-3H3. The molecule has 1 N–H and O–H groups in total. The van der Waals surface area contributed by atoms with Crippen LogP contribution in [-0.4, -0.2) is 5.11 Å². The Balaban J connectivity index is 2.08. The van der Waals surface area contributed by atoms with Gasteiger partial charge in [-0.1, -0.05) is 58.6 Å². The van der Waals surface area contributed by atoms with E-state index in [0.717, 1.165) is 0 Å². The normalized spacial score (nSPS) is 21.3. The molecule has 2 aliphatic rings. The molecule has 1 aromatic rings. The van der Waals surface area contributed by atoms with Gasteiger partial charge in [-0.2, -0.15) is 0 Å². The van der Waals surface area contributed by atoms with Crippen molar-refractivity contribution in [1.29, 1.82) is 0 Å². The topological polar surface area (TPSA) is 20.2 Å². The highest BCUT2D eigenvalue weighted by molar-refractivity contribution is 5.51. The van der Waals surface area contributed by atoms with Crippen LogP contribution in [-0.2, 0) is 5.41 Å². The lowest BCUT2D eigenvalue weighted by molar-refractivity contribution is 0.440. The Labute approximate surface area is 129 Å². The molecule has 2 fully saturated rings. The van der Waals surface area contributed by atoms with Crippen LogP contribution in [0.5, 0.6) is 5.75 Å². The fourth-order valence-electron chi connectivity index (χ4n) is 4.47. The number of hydrogen-bond donors (Lipinski definition) is 1. The summed E-state index contributed by atoms with van der Waals surface area (Å²) in [5, 5.41) is 11.1. The maximum atomic E-state index is 11.1. The summed E-state index contributed by atoms with van der Waals surface area (Å²) in [6, 6.07) is 4.55. The number of phenols is 1. The average Bonchev–Trinajstić information content (AvgIpc) is 3.10. The minimum atomic E-state index is 0.115. The van der Waals surface area contributed by atoms with Gasteiger partial charge in [0.1, 0.15) is 5.75 Å². The Bertz CT molecular complexity index is 497. The molecule has 2 aliphatic carbocycles. The predicted octanol–water partition coefficient (Wildman–Crippen LogP) is 6.00. The second-order valence-electron chi connectivity index (χ2n) is 8.18. The summed E-state index contributed by atoms with van der Waals surface area (Å²) in [6.07, 6.45) is 10.3. The third-order valence-corrected chi connectivity index (χ3v) is 5.61. The summed E-state index contributed by atoms with van der Waals surface area (Å²) in [5.41, 5.74) is 4.02. The lowest BCUT2D eigenvalue weighted by Gasteiger charge is -2.28. The van der Waals surface area contributed by atoms with E-state index in [4.69, 9.17) is 0 Å². The molecule has 0 aromatic heterocycles. The van der Waals surface area contributed by atoms with Crippen LogP contribution in [0.2, 0.25) is 0 Å². The van der Waals surface area contributed by atoms with Gasteiger partial charge < -0.3 is 5.11 Å². The summed E-state index contributed by atoms with van der Waals surface area (Å²) in [6.45, 7) is 6.82. The summed E-state index contributed by atoms with van der Waals surface area (Å²) >= 11 is 0. The molecule has 0 amide bonds. The van der Waals surface area contributed by atoms with Gasteiger partial charge in [0.15, 0.2) is 0 Å². The van der Waals surface area contributed by atoms with E-state index in [-0.39, 0.29) is 5.41 Å². The van der Waals surface area contributed by atoms with Crippen molar-refractivity contribution in [2.75, 3.05) is 0 Å². The van der Waals surface area contributed by atoms with Gasteiger partial charge in [-0.05, 0) is 54.1 Å². The lowest BCUT2D eigenvalue weighted by atomic mass is 9.77. The van der Waals surface area contributed by atoms with Crippen molar-refractivity contribution in [3.8, 4) is 5.75 Å². The highest BCUT2D eigenvalue weighted by Gasteiger charge is 2.31. The van der Waals surface area contributed by atoms with E-state index >= 15 is 0 Å². The minimum Gasteiger partial charge on any atom is -0.507 e. The zero-order chi connectivity index (χ0) is 15.0. The van der Waals surface area contributed by atoms with Crippen molar-refractivity contribution >= 4 is 0 Å². The van der Waals surface area contributed by atoms with E-state index in [1.165, 1.54) is 68.1 Å². The summed E-state index contributed by atoms with van der Waals surface area (Å²) < 4.78 is 0. The fraction of sp³-hybridized carbons (Fsp3) is 0.700. The van der Waals surface area contributed by atoms with E-state index in [0.29, 0.717) is 17.6 Å². The number of aromatic hydroxyl groups is 1. The highest BCUT2D eigenvalue weighted by atomic mass is 16.3. The second kappa shape index (κ2) is 5.66. The first-order valence-corrected chi connectivity index (χ1v) is 8.84. The van der Waals surface area contributed by atoms with Crippen molar-refractivity contribution in [3.63, 3.8) is 0 Å². The second-order valence-corrected chi connectivity index (χ2v) is 8.18. The Morgan fingerprint density at radius 3 is 1.90 bits per heavy atom. The lowest BCUT2D eigenvalue weighted by Crippen LogP contribution is -2.16. The zero-order valence-corrected chi connectivity index (χ0v) is 13.9. The Hall–Kier alpha value is -0.980. The van der Waals surface area contributed by atoms with Crippen LogP contribution < -0.4 is 0 Å². The van der Waals surface area contributed by atoms with Gasteiger partial charge in [-0.15, -0.1) is 0 Å². The molecule has 116 valence electrons. The van der Waals surface area contributed by atoms with Crippen LogP contribution >= 0.6 is 0 Å². The van der Waals surface area contributed by atoms with Gasteiger partial charge in [0.05, 0.1) is 0 Å². The molecule has 1 heteroatoms. The molecule has 0 radical (unpaired) electrons. The minimum absolute atomic E-state index is 0.115. The molecule has 1 aromatic carbocycles. The van der Waals surface area contributed by atoms with Gasteiger partial charge in [-0.3, -0.25) is 0 Å². The van der Waals surface area contributed by atoms with Crippen molar-refractivity contribution in [1.82, 2.24) is 0 Å². The largest absolute Gasteiger partial charge is 0.507 e. The van der Waals surface area contributed by atoms with Crippen LogP contribution in [0.15, 0.2) is 12.1 Å². The number of hydrogen-bond acceptors (Lipinski definition) is 1. The molecule has 21 heavy (non-hydrogen) atoms. The number of benzene rings is 1. The fourth-order valence-corrected chi connectivity index (χ4v) is 4.47. The Kier molecular flexibility index (Phi) is 4.03. The quantitative estimate of drug-likeness (QED) is 0.706. The van der Waals surface area contributed by atoms with E-state index in [2.05, 4.69) is 32.9 Å². The molecule has 0 bridgehead atoms. The molecule has 0 heterocycles. The van der Waals surface area contributed by atoms with Crippen LogP contribution in [0.4, 0.5) is 0 Å². The zero-order valence-electron chi connectivity index (χ0n) is 13.9. The van der Waals surface area contributed by atoms with E-state index in [1.807, 2.05) is 0 Å². The SMILES string of the molecule is CC(C)(C)c1ccc(C2CCCC2)c(O)c1C1CCCC1. The average molecular weight is 286 g/mol. The molecular formula is C20H30O. The van der Waals surface area contributed by atoms with Crippen LogP contribution in [0, 0.1) is 0 Å². The third-order valence-electron chi connectivity index (χ3n) is 5.61. The maximum Gasteiger partial charge on any atom is 0.122 e. The van der Waals surface area contributed by atoms with Crippen molar-refractivity contribution < 1.29 is 5.11 Å². The number of phenolic OH excluding ortho intramolecular Hbond substituents is 1. The molecule has 0 unspecified atom stereocenters. The predicted molar refractivity (Wildman–Crippen MR) is 89.2 cm³/mol. The van der Waals surface area contributed by atoms with Gasteiger partial charge in [0.2, 0.25) is 0 Å². The highest BCUT2D eigenvalue weighted by Crippen LogP contribution is 2.48. The first-order chi connectivity index (χ1) is 9.98. The smallest absolute Gasteiger partial charge is 0.122 e. The molecule has 0 atom stereocenters. The van der Waals surface area contributed by atoms with Crippen LogP contribution in [0.25, 0.3) is 0 Å². The molecule has 1 nitrogen and oxygen atoms in total. The first-order valence-electron chi connectivity index (χ1n) is 8.84. The summed E-state index contributed by atoms with van der Waals surface area (Å²) in [5.74, 6) is 1.83. The Morgan fingerprint density at radius 2 is 1.38 bits per heavy atom. The van der Waals surface area contributed by atoms with Crippen LogP contribution in [0.3, 0.4) is 0 Å². The third kappa shape index (κ3) is 2.84. The van der Waals surface area contributed by atoms with Gasteiger partial charge in [0.25, 0.3) is 0 Å². The van der Waals surface area contributed by atoms with Crippen molar-refractivity contribution in [2.45, 2.75) is 89.4 Å². The Morgan fingerprint density at radius 1 is 0.857 bits per heavy atom. The van der Waals surface area contributed by atoms with E-state index in [1.54, 1.807) is 0 Å². The van der Waals surface area contributed by atoms with Gasteiger partial charge >= 0.3 is 0 Å². The first kappa shape index (κ1) is 14.9. The number of rotatable bonds is 2. The van der Waals surface area contributed by atoms with Crippen molar-refractivity contribution in [3.05, 3.63) is 28.8 Å². The van der Waals surface area contributed by atoms with Crippen molar-refractivity contribution in [2.24, 2.45) is 0 Å². The summed E-state index contributed by atoms with van der Waals surface area (Å²) in [7, 11) is 0. The monoisotopic (exact) mass is 286 g/mol. The molecular weight excluding hydrogens is 256 g/mol. The maximum absolute atomic E-state index is 11.1. The van der Waals surface area contributed by atoms with Gasteiger partial charge in [0, 0.05) is 5.56 Å². The summed E-state index contributed by atoms with van der Waals surface area (Å²) in [4.78, 5) is 0. The van der Waals surface area contributed by atoms with Crippen LogP contribution in [0.1, 0.15) is 101 Å². The molecule has 0 spiro atoms. The molecule has 0 aliphatic heterocycles. The molecule has 3 rings (SSSR count). The van der Waals surface area contributed by atoms with E-state index in [9.17, 15) is 5.11 Å².